The standard InChI is InChI=1S/C13H19NO3/c1-5-16-11-8-6-7-10(12(11)15)9-14-17-13(2,3)4/h6-9,15H,5H2,1-4H3. The molecule has 1 aromatic rings. The summed E-state index contributed by atoms with van der Waals surface area (Å²) in [4.78, 5) is 5.21. The predicted molar refractivity (Wildman–Crippen MR) is 67.7 cm³/mol. The number of benzene rings is 1. The fourth-order valence-corrected chi connectivity index (χ4v) is 1.16. The topological polar surface area (TPSA) is 51.0 Å². The van der Waals surface area contributed by atoms with Crippen LogP contribution in [0.25, 0.3) is 0 Å². The number of rotatable bonds is 4. The molecule has 0 aliphatic rings. The molecule has 0 amide bonds. The van der Waals surface area contributed by atoms with E-state index in [9.17, 15) is 5.11 Å². The van der Waals surface area contributed by atoms with Gasteiger partial charge in [-0.1, -0.05) is 11.2 Å². The molecule has 94 valence electrons. The number of hydrogen-bond donors (Lipinski definition) is 1. The van der Waals surface area contributed by atoms with Crippen LogP contribution in [0.5, 0.6) is 11.5 Å². The minimum absolute atomic E-state index is 0.0793. The van der Waals surface area contributed by atoms with Gasteiger partial charge in [0, 0.05) is 5.56 Å². The number of ether oxygens (including phenoxy) is 1. The summed E-state index contributed by atoms with van der Waals surface area (Å²) in [6, 6.07) is 5.25. The van der Waals surface area contributed by atoms with E-state index in [1.807, 2.05) is 27.7 Å². The third-order valence-electron chi connectivity index (χ3n) is 1.85. The molecule has 0 aliphatic carbocycles. The van der Waals surface area contributed by atoms with E-state index in [1.54, 1.807) is 18.2 Å². The Morgan fingerprint density at radius 2 is 2.06 bits per heavy atom. The van der Waals surface area contributed by atoms with Crippen LogP contribution in [0, 0.1) is 0 Å². The van der Waals surface area contributed by atoms with Crippen molar-refractivity contribution in [3.05, 3.63) is 23.8 Å². The van der Waals surface area contributed by atoms with Crippen molar-refractivity contribution < 1.29 is 14.7 Å². The molecule has 0 atom stereocenters. The van der Waals surface area contributed by atoms with E-state index in [1.165, 1.54) is 6.21 Å². The Morgan fingerprint density at radius 1 is 1.35 bits per heavy atom. The average molecular weight is 237 g/mol. The van der Waals surface area contributed by atoms with Crippen molar-refractivity contribution in [3.8, 4) is 11.5 Å². The molecule has 0 saturated carbocycles. The normalized spacial score (nSPS) is 11.8. The third-order valence-corrected chi connectivity index (χ3v) is 1.85. The summed E-state index contributed by atoms with van der Waals surface area (Å²) >= 11 is 0. The van der Waals surface area contributed by atoms with Crippen molar-refractivity contribution in [1.29, 1.82) is 0 Å². The summed E-state index contributed by atoms with van der Waals surface area (Å²) < 4.78 is 5.27. The van der Waals surface area contributed by atoms with E-state index in [0.29, 0.717) is 17.9 Å². The number of hydrogen-bond acceptors (Lipinski definition) is 4. The number of nitrogens with zero attached hydrogens (tertiary/aromatic N) is 1. The molecule has 1 N–H and O–H groups in total. The van der Waals surface area contributed by atoms with Gasteiger partial charge in [0.2, 0.25) is 0 Å². The Morgan fingerprint density at radius 3 is 2.65 bits per heavy atom. The van der Waals surface area contributed by atoms with Gasteiger partial charge in [-0.15, -0.1) is 0 Å². The number of oxime groups is 1. The van der Waals surface area contributed by atoms with Crippen LogP contribution < -0.4 is 4.74 Å². The minimum Gasteiger partial charge on any atom is -0.504 e. The van der Waals surface area contributed by atoms with E-state index < -0.39 is 0 Å². The van der Waals surface area contributed by atoms with Crippen LogP contribution in [0.3, 0.4) is 0 Å². The Kier molecular flexibility index (Phi) is 4.37. The SMILES string of the molecule is CCOc1cccc(C=NOC(C)(C)C)c1O. The molecule has 0 aromatic heterocycles. The molecule has 0 spiro atoms. The highest BCUT2D eigenvalue weighted by Gasteiger charge is 2.10. The van der Waals surface area contributed by atoms with Crippen molar-refractivity contribution in [2.24, 2.45) is 5.16 Å². The van der Waals surface area contributed by atoms with Gasteiger partial charge in [-0.3, -0.25) is 0 Å². The van der Waals surface area contributed by atoms with Crippen molar-refractivity contribution in [1.82, 2.24) is 0 Å². The summed E-state index contributed by atoms with van der Waals surface area (Å²) in [6.07, 6.45) is 1.48. The van der Waals surface area contributed by atoms with Crippen LogP contribution in [0.1, 0.15) is 33.3 Å². The second kappa shape index (κ2) is 5.57. The zero-order valence-corrected chi connectivity index (χ0v) is 10.7. The maximum Gasteiger partial charge on any atom is 0.166 e. The lowest BCUT2D eigenvalue weighted by Gasteiger charge is -2.15. The molecule has 0 unspecified atom stereocenters. The molecule has 1 rings (SSSR count). The largest absolute Gasteiger partial charge is 0.504 e. The highest BCUT2D eigenvalue weighted by atomic mass is 16.6. The van der Waals surface area contributed by atoms with E-state index in [0.717, 1.165) is 0 Å². The summed E-state index contributed by atoms with van der Waals surface area (Å²) in [5.74, 6) is 0.530. The number of phenols is 1. The lowest BCUT2D eigenvalue weighted by molar-refractivity contribution is 0.00197. The van der Waals surface area contributed by atoms with Crippen molar-refractivity contribution >= 4 is 6.21 Å². The fourth-order valence-electron chi connectivity index (χ4n) is 1.16. The molecule has 0 aliphatic heterocycles. The quantitative estimate of drug-likeness (QED) is 0.647. The maximum absolute atomic E-state index is 9.88. The van der Waals surface area contributed by atoms with Crippen molar-refractivity contribution in [2.45, 2.75) is 33.3 Å². The van der Waals surface area contributed by atoms with Crippen LogP contribution in [0.15, 0.2) is 23.4 Å². The van der Waals surface area contributed by atoms with Crippen molar-refractivity contribution in [2.75, 3.05) is 6.61 Å². The van der Waals surface area contributed by atoms with Crippen LogP contribution in [0.2, 0.25) is 0 Å². The lowest BCUT2D eigenvalue weighted by Crippen LogP contribution is -2.15. The molecule has 0 fully saturated rings. The van der Waals surface area contributed by atoms with E-state index in [2.05, 4.69) is 5.16 Å². The molecule has 4 heteroatoms. The zero-order chi connectivity index (χ0) is 12.9. The Bertz CT molecular complexity index is 394. The Hall–Kier alpha value is -1.71. The molecule has 0 radical (unpaired) electrons. The first-order valence-corrected chi connectivity index (χ1v) is 5.60. The average Bonchev–Trinajstić information content (AvgIpc) is 2.22. The van der Waals surface area contributed by atoms with Crippen molar-refractivity contribution in [3.63, 3.8) is 0 Å². The molecule has 0 saturated heterocycles. The highest BCUT2D eigenvalue weighted by Crippen LogP contribution is 2.28. The first kappa shape index (κ1) is 13.4. The molecule has 0 bridgehead atoms. The smallest absolute Gasteiger partial charge is 0.166 e. The Labute approximate surface area is 102 Å². The van der Waals surface area contributed by atoms with Crippen LogP contribution in [0.4, 0.5) is 0 Å². The summed E-state index contributed by atoms with van der Waals surface area (Å²) in [5.41, 5.74) is 0.226. The van der Waals surface area contributed by atoms with Crippen LogP contribution >= 0.6 is 0 Å². The van der Waals surface area contributed by atoms with Gasteiger partial charge in [0.15, 0.2) is 11.5 Å². The molecule has 4 nitrogen and oxygen atoms in total. The highest BCUT2D eigenvalue weighted by molar-refractivity contribution is 5.84. The Balaban J connectivity index is 2.81. The summed E-state index contributed by atoms with van der Waals surface area (Å²) in [7, 11) is 0. The first-order chi connectivity index (χ1) is 7.94. The summed E-state index contributed by atoms with van der Waals surface area (Å²) in [5, 5.41) is 13.7. The number of para-hydroxylation sites is 1. The van der Waals surface area contributed by atoms with Gasteiger partial charge in [-0.05, 0) is 39.8 Å². The van der Waals surface area contributed by atoms with Gasteiger partial charge in [0.1, 0.15) is 5.60 Å². The van der Waals surface area contributed by atoms with Gasteiger partial charge >= 0.3 is 0 Å². The van der Waals surface area contributed by atoms with E-state index in [4.69, 9.17) is 9.57 Å². The van der Waals surface area contributed by atoms with Gasteiger partial charge in [0.25, 0.3) is 0 Å². The second-order valence-corrected chi connectivity index (χ2v) is 4.57. The monoisotopic (exact) mass is 237 g/mol. The maximum atomic E-state index is 9.88. The molecular weight excluding hydrogens is 218 g/mol. The first-order valence-electron chi connectivity index (χ1n) is 5.60. The minimum atomic E-state index is -0.344. The van der Waals surface area contributed by atoms with Gasteiger partial charge < -0.3 is 14.7 Å². The van der Waals surface area contributed by atoms with E-state index >= 15 is 0 Å². The zero-order valence-electron chi connectivity index (χ0n) is 10.7. The lowest BCUT2D eigenvalue weighted by atomic mass is 10.2. The van der Waals surface area contributed by atoms with E-state index in [-0.39, 0.29) is 11.4 Å². The van der Waals surface area contributed by atoms with Crippen LogP contribution in [-0.2, 0) is 4.84 Å². The molecule has 17 heavy (non-hydrogen) atoms. The van der Waals surface area contributed by atoms with Gasteiger partial charge in [-0.2, -0.15) is 0 Å². The van der Waals surface area contributed by atoms with Gasteiger partial charge in [-0.25, -0.2) is 0 Å². The molecule has 1 aromatic carbocycles. The number of phenolic OH excluding ortho intramolecular Hbond substituents is 1. The van der Waals surface area contributed by atoms with Gasteiger partial charge in [0.05, 0.1) is 12.8 Å². The molecule has 0 heterocycles. The molecular formula is C13H19NO3. The summed E-state index contributed by atoms with van der Waals surface area (Å²) in [6.45, 7) is 8.08. The van der Waals surface area contributed by atoms with Crippen LogP contribution in [-0.4, -0.2) is 23.5 Å². The third kappa shape index (κ3) is 4.34. The fraction of sp³-hybridized carbons (Fsp3) is 0.462. The predicted octanol–water partition coefficient (Wildman–Crippen LogP) is 2.94. The second-order valence-electron chi connectivity index (χ2n) is 4.57. The number of aromatic hydroxyl groups is 1.